The van der Waals surface area contributed by atoms with Crippen LogP contribution in [-0.4, -0.2) is 67.4 Å². The summed E-state index contributed by atoms with van der Waals surface area (Å²) in [4.78, 5) is 23.1. The predicted molar refractivity (Wildman–Crippen MR) is 151 cm³/mol. The fourth-order valence-electron chi connectivity index (χ4n) is 6.35. The van der Waals surface area contributed by atoms with Crippen LogP contribution in [0.1, 0.15) is 42.7 Å². The van der Waals surface area contributed by atoms with Gasteiger partial charge in [0.1, 0.15) is 29.7 Å². The SMILES string of the molecule is Cc1cc(Nc2ncnn3ccc(C4CC5CCC(C4)N5C(=O)C(O)=C(O)O)c23)ccc1Oc1ccn2ncnc2c1. The van der Waals surface area contributed by atoms with Crippen LogP contribution in [0.2, 0.25) is 0 Å². The molecule has 0 radical (unpaired) electrons. The van der Waals surface area contributed by atoms with Crippen molar-refractivity contribution in [3.05, 3.63) is 84.3 Å². The van der Waals surface area contributed by atoms with Crippen LogP contribution < -0.4 is 10.1 Å². The van der Waals surface area contributed by atoms with Gasteiger partial charge in [-0.15, -0.1) is 0 Å². The third-order valence-electron chi connectivity index (χ3n) is 8.22. The van der Waals surface area contributed by atoms with Crippen LogP contribution in [0.5, 0.6) is 11.5 Å². The Morgan fingerprint density at radius 2 is 1.69 bits per heavy atom. The van der Waals surface area contributed by atoms with E-state index < -0.39 is 17.6 Å². The maximum Gasteiger partial charge on any atom is 0.324 e. The van der Waals surface area contributed by atoms with E-state index in [1.54, 1.807) is 20.1 Å². The fourth-order valence-corrected chi connectivity index (χ4v) is 6.35. The van der Waals surface area contributed by atoms with Crippen molar-refractivity contribution in [2.24, 2.45) is 0 Å². The molecule has 7 rings (SSSR count). The molecule has 2 bridgehead atoms. The number of aliphatic hydroxyl groups excluding tert-OH is 2. The molecule has 13 heteroatoms. The maximum atomic E-state index is 12.7. The Bertz CT molecular complexity index is 1850. The van der Waals surface area contributed by atoms with Gasteiger partial charge in [-0.3, -0.25) is 4.79 Å². The Labute approximate surface area is 239 Å². The summed E-state index contributed by atoms with van der Waals surface area (Å²) in [7, 11) is 0. The van der Waals surface area contributed by atoms with E-state index >= 15 is 0 Å². The zero-order chi connectivity index (χ0) is 29.0. The highest BCUT2D eigenvalue weighted by Gasteiger charge is 2.45. The van der Waals surface area contributed by atoms with Crippen LogP contribution in [0.3, 0.4) is 0 Å². The molecular weight excluding hydrogens is 540 g/mol. The van der Waals surface area contributed by atoms with Gasteiger partial charge in [0, 0.05) is 36.2 Å². The van der Waals surface area contributed by atoms with E-state index in [4.69, 9.17) is 4.74 Å². The van der Waals surface area contributed by atoms with Crippen LogP contribution in [0.25, 0.3) is 11.2 Å². The number of hydrogen-bond acceptors (Lipinski definition) is 10. The van der Waals surface area contributed by atoms with Gasteiger partial charge >= 0.3 is 5.95 Å². The molecule has 214 valence electrons. The Hall–Kier alpha value is -5.33. The summed E-state index contributed by atoms with van der Waals surface area (Å²) >= 11 is 0. The summed E-state index contributed by atoms with van der Waals surface area (Å²) in [5, 5.41) is 40.3. The third-order valence-corrected chi connectivity index (χ3v) is 8.22. The van der Waals surface area contributed by atoms with Crippen molar-refractivity contribution < 1.29 is 24.9 Å². The molecule has 1 aromatic carbocycles. The molecule has 4 N–H and O–H groups in total. The summed E-state index contributed by atoms with van der Waals surface area (Å²) in [6, 6.07) is 11.3. The first-order valence-corrected chi connectivity index (χ1v) is 13.7. The minimum Gasteiger partial charge on any atom is -0.498 e. The lowest BCUT2D eigenvalue weighted by Crippen LogP contribution is -2.46. The van der Waals surface area contributed by atoms with E-state index in [1.807, 2.05) is 49.5 Å². The van der Waals surface area contributed by atoms with Gasteiger partial charge in [-0.25, -0.2) is 19.0 Å². The van der Waals surface area contributed by atoms with E-state index in [0.717, 1.165) is 35.2 Å². The van der Waals surface area contributed by atoms with Crippen LogP contribution >= 0.6 is 0 Å². The fraction of sp³-hybridized carbons (Fsp3) is 0.276. The molecule has 2 unspecified atom stereocenters. The number of benzene rings is 1. The van der Waals surface area contributed by atoms with E-state index in [2.05, 4.69) is 25.5 Å². The Balaban J connectivity index is 1.12. The Morgan fingerprint density at radius 3 is 2.45 bits per heavy atom. The molecule has 1 amide bonds. The van der Waals surface area contributed by atoms with Crippen LogP contribution in [-0.2, 0) is 4.79 Å². The van der Waals surface area contributed by atoms with Crippen molar-refractivity contribution in [1.82, 2.24) is 34.1 Å². The minimum atomic E-state index is -1.35. The number of rotatable bonds is 6. The van der Waals surface area contributed by atoms with Crippen molar-refractivity contribution in [3.8, 4) is 11.5 Å². The van der Waals surface area contributed by atoms with Crippen LogP contribution in [0.4, 0.5) is 11.5 Å². The standard InChI is InChI=1S/C29H28N8O5/c1-16-10-18(2-5-23(16)42-21-6-8-35-24(13-21)30-14-32-35)34-27-25-22(7-9-36(25)33-15-31-27)17-11-19-3-4-20(12-17)37(19)28(39)26(38)29(40)41/h2,5-10,13-15,17,19-20,38,40-41H,3-4,11-12H2,1H3,(H,31,33,34). The number of carbonyl (C=O) groups is 1. The van der Waals surface area contributed by atoms with E-state index in [0.29, 0.717) is 35.8 Å². The molecule has 0 aliphatic carbocycles. The van der Waals surface area contributed by atoms with Gasteiger partial charge in [-0.2, -0.15) is 10.2 Å². The lowest BCUT2D eigenvalue weighted by atomic mass is 9.85. The smallest absolute Gasteiger partial charge is 0.324 e. The normalized spacial score (nSPS) is 19.7. The summed E-state index contributed by atoms with van der Waals surface area (Å²) in [5.41, 5.74) is 4.40. The summed E-state index contributed by atoms with van der Waals surface area (Å²) < 4.78 is 9.58. The van der Waals surface area contributed by atoms with Crippen molar-refractivity contribution >= 4 is 28.6 Å². The predicted octanol–water partition coefficient (Wildman–Crippen LogP) is 4.70. The maximum absolute atomic E-state index is 12.7. The van der Waals surface area contributed by atoms with Crippen molar-refractivity contribution in [1.29, 1.82) is 0 Å². The van der Waals surface area contributed by atoms with Crippen molar-refractivity contribution in [2.75, 3.05) is 5.32 Å². The molecule has 5 aromatic rings. The molecular formula is C29H28N8O5. The Morgan fingerprint density at radius 1 is 0.952 bits per heavy atom. The first-order valence-electron chi connectivity index (χ1n) is 13.7. The van der Waals surface area contributed by atoms with Crippen LogP contribution in [0.15, 0.2) is 73.2 Å². The highest BCUT2D eigenvalue weighted by Crippen LogP contribution is 2.45. The lowest BCUT2D eigenvalue weighted by Gasteiger charge is -2.38. The second-order valence-electron chi connectivity index (χ2n) is 10.7. The number of fused-ring (bicyclic) bond motifs is 4. The summed E-state index contributed by atoms with van der Waals surface area (Å²) in [5.74, 6) is -0.929. The average molecular weight is 569 g/mol. The highest BCUT2D eigenvalue weighted by atomic mass is 16.5. The number of aromatic nitrogens is 6. The molecule has 42 heavy (non-hydrogen) atoms. The van der Waals surface area contributed by atoms with E-state index in [9.17, 15) is 20.1 Å². The number of aliphatic hydroxyl groups is 3. The number of pyridine rings is 1. The zero-order valence-corrected chi connectivity index (χ0v) is 22.6. The molecule has 2 aliphatic heterocycles. The topological polar surface area (TPSA) is 163 Å². The van der Waals surface area contributed by atoms with Gasteiger partial charge in [0.25, 0.3) is 11.7 Å². The number of piperidine rings is 1. The molecule has 0 spiro atoms. The van der Waals surface area contributed by atoms with Crippen molar-refractivity contribution in [3.63, 3.8) is 0 Å². The van der Waals surface area contributed by atoms with Crippen LogP contribution in [0, 0.1) is 6.92 Å². The Kier molecular flexibility index (Phi) is 6.07. The van der Waals surface area contributed by atoms with E-state index in [1.165, 1.54) is 12.7 Å². The first kappa shape index (κ1) is 25.6. The quantitative estimate of drug-likeness (QED) is 0.167. The second kappa shape index (κ2) is 9.94. The number of nitrogens with zero attached hydrogens (tertiary/aromatic N) is 7. The zero-order valence-electron chi connectivity index (χ0n) is 22.6. The molecule has 2 saturated heterocycles. The highest BCUT2D eigenvalue weighted by molar-refractivity contribution is 5.92. The number of amides is 1. The summed E-state index contributed by atoms with van der Waals surface area (Å²) in [6.07, 6.45) is 9.65. The minimum absolute atomic E-state index is 0.112. The van der Waals surface area contributed by atoms with Gasteiger partial charge in [0.15, 0.2) is 11.5 Å². The largest absolute Gasteiger partial charge is 0.498 e. The third kappa shape index (κ3) is 4.39. The monoisotopic (exact) mass is 568 g/mol. The number of nitrogens with one attached hydrogen (secondary N) is 1. The first-order chi connectivity index (χ1) is 20.4. The number of anilines is 2. The molecule has 2 atom stereocenters. The van der Waals surface area contributed by atoms with Gasteiger partial charge in [0.05, 0.1) is 0 Å². The molecule has 13 nitrogen and oxygen atoms in total. The number of ether oxygens (including phenoxy) is 1. The number of aryl methyl sites for hydroxylation is 1. The molecule has 0 saturated carbocycles. The van der Waals surface area contributed by atoms with Gasteiger partial charge in [-0.1, -0.05) is 0 Å². The summed E-state index contributed by atoms with van der Waals surface area (Å²) in [6.45, 7) is 1.97. The molecule has 4 aromatic heterocycles. The molecule has 6 heterocycles. The number of carbonyl (C=O) groups excluding carboxylic acids is 1. The van der Waals surface area contributed by atoms with Gasteiger partial charge in [0.2, 0.25) is 0 Å². The molecule has 2 fully saturated rings. The molecule has 2 aliphatic rings. The van der Waals surface area contributed by atoms with E-state index in [-0.39, 0.29) is 18.0 Å². The number of hydrogen-bond donors (Lipinski definition) is 4. The average Bonchev–Trinajstić information content (AvgIpc) is 3.69. The lowest BCUT2D eigenvalue weighted by molar-refractivity contribution is -0.135. The second-order valence-corrected chi connectivity index (χ2v) is 10.7. The van der Waals surface area contributed by atoms with Gasteiger partial charge in [-0.05, 0) is 80.0 Å². The van der Waals surface area contributed by atoms with Crippen molar-refractivity contribution in [2.45, 2.75) is 50.6 Å². The van der Waals surface area contributed by atoms with Gasteiger partial charge < -0.3 is 30.3 Å².